The topological polar surface area (TPSA) is 32.3 Å². The summed E-state index contributed by atoms with van der Waals surface area (Å²) in [4.78, 5) is 0. The fourth-order valence-electron chi connectivity index (χ4n) is 2.95. The molecule has 0 bridgehead atoms. The quantitative estimate of drug-likeness (QED) is 0.700. The summed E-state index contributed by atoms with van der Waals surface area (Å²) in [5.74, 6) is 0.884. The molecular formula is C14H29NO. The average Bonchev–Trinajstić information content (AvgIpc) is 2.30. The van der Waals surface area contributed by atoms with Crippen LogP contribution in [0.15, 0.2) is 0 Å². The molecule has 16 heavy (non-hydrogen) atoms. The van der Waals surface area contributed by atoms with Crippen molar-refractivity contribution < 1.29 is 5.11 Å². The Hall–Kier alpha value is -0.0800. The van der Waals surface area contributed by atoms with Crippen molar-refractivity contribution >= 4 is 0 Å². The van der Waals surface area contributed by atoms with Crippen LogP contribution in [0.2, 0.25) is 0 Å². The van der Waals surface area contributed by atoms with Gasteiger partial charge in [0.1, 0.15) is 0 Å². The molecule has 1 rings (SSSR count). The minimum Gasteiger partial charge on any atom is -0.396 e. The van der Waals surface area contributed by atoms with Crippen LogP contribution >= 0.6 is 0 Å². The van der Waals surface area contributed by atoms with Crippen LogP contribution in [0.4, 0.5) is 0 Å². The Morgan fingerprint density at radius 1 is 1.19 bits per heavy atom. The van der Waals surface area contributed by atoms with Gasteiger partial charge in [-0.15, -0.1) is 0 Å². The lowest BCUT2D eigenvalue weighted by molar-refractivity contribution is 0.219. The molecule has 2 heteroatoms. The van der Waals surface area contributed by atoms with Crippen molar-refractivity contribution in [3.63, 3.8) is 0 Å². The highest BCUT2D eigenvalue weighted by Gasteiger charge is 2.23. The average molecular weight is 227 g/mol. The summed E-state index contributed by atoms with van der Waals surface area (Å²) in [5.41, 5.74) is 0. The highest BCUT2D eigenvalue weighted by Crippen LogP contribution is 2.28. The zero-order valence-electron chi connectivity index (χ0n) is 11.0. The van der Waals surface area contributed by atoms with Gasteiger partial charge in [0, 0.05) is 18.7 Å². The van der Waals surface area contributed by atoms with E-state index in [9.17, 15) is 0 Å². The first-order valence-corrected chi connectivity index (χ1v) is 7.14. The second-order valence-corrected chi connectivity index (χ2v) is 5.37. The van der Waals surface area contributed by atoms with Crippen LogP contribution in [0.5, 0.6) is 0 Å². The maximum Gasteiger partial charge on any atom is 0.0445 e. The minimum absolute atomic E-state index is 0.303. The van der Waals surface area contributed by atoms with Crippen LogP contribution in [0.1, 0.15) is 65.2 Å². The van der Waals surface area contributed by atoms with Crippen molar-refractivity contribution in [1.82, 2.24) is 5.32 Å². The third-order valence-electron chi connectivity index (χ3n) is 3.88. The smallest absolute Gasteiger partial charge is 0.0445 e. The summed E-state index contributed by atoms with van der Waals surface area (Å²) in [6, 6.07) is 1.15. The molecule has 0 heterocycles. The first-order chi connectivity index (χ1) is 7.77. The van der Waals surface area contributed by atoms with E-state index in [-0.39, 0.29) is 0 Å². The van der Waals surface area contributed by atoms with Gasteiger partial charge in [-0.2, -0.15) is 0 Å². The Labute approximate surface area is 101 Å². The van der Waals surface area contributed by atoms with E-state index in [0.29, 0.717) is 18.7 Å². The number of nitrogens with one attached hydrogen (secondary N) is 1. The lowest BCUT2D eigenvalue weighted by Crippen LogP contribution is -2.42. The van der Waals surface area contributed by atoms with E-state index in [4.69, 9.17) is 5.11 Å². The summed E-state index contributed by atoms with van der Waals surface area (Å²) in [5, 5.41) is 12.7. The summed E-state index contributed by atoms with van der Waals surface area (Å²) >= 11 is 0. The molecule has 2 N–H and O–H groups in total. The molecule has 0 amide bonds. The van der Waals surface area contributed by atoms with Gasteiger partial charge >= 0.3 is 0 Å². The highest BCUT2D eigenvalue weighted by molar-refractivity contribution is 4.81. The number of aliphatic hydroxyl groups is 1. The Morgan fingerprint density at radius 3 is 2.44 bits per heavy atom. The van der Waals surface area contributed by atoms with Crippen LogP contribution in [0.3, 0.4) is 0 Å². The van der Waals surface area contributed by atoms with Crippen molar-refractivity contribution in [2.45, 2.75) is 77.3 Å². The van der Waals surface area contributed by atoms with Crippen molar-refractivity contribution in [1.29, 1.82) is 0 Å². The molecule has 1 saturated carbocycles. The van der Waals surface area contributed by atoms with Crippen LogP contribution in [-0.4, -0.2) is 23.8 Å². The van der Waals surface area contributed by atoms with E-state index in [1.54, 1.807) is 0 Å². The lowest BCUT2D eigenvalue weighted by Gasteiger charge is -2.33. The van der Waals surface area contributed by atoms with E-state index in [0.717, 1.165) is 12.3 Å². The van der Waals surface area contributed by atoms with Crippen molar-refractivity contribution in [3.8, 4) is 0 Å². The molecule has 0 aromatic rings. The number of aliphatic hydroxyl groups excluding tert-OH is 1. The number of hydrogen-bond donors (Lipinski definition) is 2. The van der Waals surface area contributed by atoms with Gasteiger partial charge in [0.25, 0.3) is 0 Å². The maximum absolute atomic E-state index is 8.95. The molecule has 1 unspecified atom stereocenters. The predicted molar refractivity (Wildman–Crippen MR) is 69.6 cm³/mol. The summed E-state index contributed by atoms with van der Waals surface area (Å²) in [7, 11) is 0. The first-order valence-electron chi connectivity index (χ1n) is 7.14. The summed E-state index contributed by atoms with van der Waals surface area (Å²) in [6.07, 6.45) is 10.5. The summed E-state index contributed by atoms with van der Waals surface area (Å²) in [6.45, 7) is 4.77. The molecule has 1 aliphatic rings. The number of hydrogen-bond acceptors (Lipinski definition) is 2. The normalized spacial score (nSPS) is 21.9. The second kappa shape index (κ2) is 8.08. The van der Waals surface area contributed by atoms with Crippen molar-refractivity contribution in [2.75, 3.05) is 6.61 Å². The molecule has 1 aliphatic carbocycles. The van der Waals surface area contributed by atoms with Crippen molar-refractivity contribution in [3.05, 3.63) is 0 Å². The van der Waals surface area contributed by atoms with E-state index < -0.39 is 0 Å². The fourth-order valence-corrected chi connectivity index (χ4v) is 2.95. The lowest BCUT2D eigenvalue weighted by atomic mass is 9.82. The largest absolute Gasteiger partial charge is 0.396 e. The Morgan fingerprint density at radius 2 is 1.88 bits per heavy atom. The van der Waals surface area contributed by atoms with Crippen LogP contribution in [-0.2, 0) is 0 Å². The standard InChI is InChI=1S/C14H29NO/c1-3-7-14(15-12(2)10-11-16)13-8-5-4-6-9-13/h12-16H,3-11H2,1-2H3/t12-,14?/m1/s1. The van der Waals surface area contributed by atoms with E-state index in [2.05, 4.69) is 19.2 Å². The monoisotopic (exact) mass is 227 g/mol. The van der Waals surface area contributed by atoms with Crippen LogP contribution in [0, 0.1) is 5.92 Å². The molecule has 1 fully saturated rings. The van der Waals surface area contributed by atoms with Gasteiger partial charge in [-0.25, -0.2) is 0 Å². The molecular weight excluding hydrogens is 198 g/mol. The highest BCUT2D eigenvalue weighted by atomic mass is 16.3. The molecule has 2 nitrogen and oxygen atoms in total. The van der Waals surface area contributed by atoms with Crippen LogP contribution < -0.4 is 5.32 Å². The molecule has 0 aromatic heterocycles. The zero-order chi connectivity index (χ0) is 11.8. The maximum atomic E-state index is 8.95. The molecule has 2 atom stereocenters. The third-order valence-corrected chi connectivity index (χ3v) is 3.88. The van der Waals surface area contributed by atoms with E-state index in [1.165, 1.54) is 44.9 Å². The summed E-state index contributed by atoms with van der Waals surface area (Å²) < 4.78 is 0. The van der Waals surface area contributed by atoms with Gasteiger partial charge in [0.15, 0.2) is 0 Å². The Kier molecular flexibility index (Phi) is 7.06. The van der Waals surface area contributed by atoms with Crippen LogP contribution in [0.25, 0.3) is 0 Å². The van der Waals surface area contributed by atoms with Crippen molar-refractivity contribution in [2.24, 2.45) is 5.92 Å². The molecule has 0 radical (unpaired) electrons. The first kappa shape index (κ1) is 14.0. The predicted octanol–water partition coefficient (Wildman–Crippen LogP) is 3.10. The van der Waals surface area contributed by atoms with Gasteiger partial charge in [0.2, 0.25) is 0 Å². The van der Waals surface area contributed by atoms with E-state index in [1.807, 2.05) is 0 Å². The minimum atomic E-state index is 0.303. The Bertz CT molecular complexity index is 166. The fraction of sp³-hybridized carbons (Fsp3) is 1.00. The molecule has 0 spiro atoms. The molecule has 0 aliphatic heterocycles. The number of rotatable bonds is 7. The van der Waals surface area contributed by atoms with E-state index >= 15 is 0 Å². The Balaban J connectivity index is 2.38. The SMILES string of the molecule is CCCC(N[C@H](C)CCO)C1CCCCC1. The second-order valence-electron chi connectivity index (χ2n) is 5.37. The van der Waals surface area contributed by atoms with Gasteiger partial charge < -0.3 is 10.4 Å². The van der Waals surface area contributed by atoms with Gasteiger partial charge in [-0.1, -0.05) is 32.6 Å². The molecule has 0 saturated heterocycles. The molecule has 96 valence electrons. The van der Waals surface area contributed by atoms with Gasteiger partial charge in [0.05, 0.1) is 0 Å². The molecule has 0 aromatic carbocycles. The van der Waals surface area contributed by atoms with Gasteiger partial charge in [-0.05, 0) is 38.5 Å². The van der Waals surface area contributed by atoms with Gasteiger partial charge in [-0.3, -0.25) is 0 Å². The third kappa shape index (κ3) is 4.84. The zero-order valence-corrected chi connectivity index (χ0v) is 11.0.